The van der Waals surface area contributed by atoms with E-state index in [-0.39, 0.29) is 17.4 Å². The van der Waals surface area contributed by atoms with Gasteiger partial charge in [0.05, 0.1) is 11.1 Å². The molecule has 2 heterocycles. The monoisotopic (exact) mass is 333 g/mol. The molecular weight excluding hydrogens is 314 g/mol. The van der Waals surface area contributed by atoms with Gasteiger partial charge in [-0.3, -0.25) is 9.59 Å². The zero-order valence-corrected chi connectivity index (χ0v) is 14.4. The van der Waals surface area contributed by atoms with Gasteiger partial charge in [-0.25, -0.2) is 0 Å². The standard InChI is InChI=1S/C21H19NO3/c1-20(2)18(23)17(13-14-9-5-4-6-10-14)25-21(20)15-11-7-8-12-16(15)22(3)19(21)24/h4-13H,1-3H3/b17-13-. The second-order valence-electron chi connectivity index (χ2n) is 7.04. The Morgan fingerprint density at radius 3 is 2.32 bits per heavy atom. The van der Waals surface area contributed by atoms with Crippen LogP contribution in [0.1, 0.15) is 25.0 Å². The van der Waals surface area contributed by atoms with Crippen molar-refractivity contribution in [2.24, 2.45) is 5.41 Å². The third kappa shape index (κ3) is 1.88. The number of para-hydroxylation sites is 1. The van der Waals surface area contributed by atoms with Crippen LogP contribution in [0.15, 0.2) is 60.4 Å². The number of likely N-dealkylation sites (N-methyl/N-ethyl adjacent to an activating group) is 1. The summed E-state index contributed by atoms with van der Waals surface area (Å²) in [7, 11) is 1.72. The Kier molecular flexibility index (Phi) is 3.16. The number of allylic oxidation sites excluding steroid dienone is 1. The fourth-order valence-corrected chi connectivity index (χ4v) is 3.83. The summed E-state index contributed by atoms with van der Waals surface area (Å²) in [6.07, 6.45) is 1.72. The molecule has 1 unspecified atom stereocenters. The average molecular weight is 333 g/mol. The Bertz CT molecular complexity index is 914. The summed E-state index contributed by atoms with van der Waals surface area (Å²) < 4.78 is 6.17. The molecule has 1 spiro atoms. The van der Waals surface area contributed by atoms with Crippen molar-refractivity contribution in [3.63, 3.8) is 0 Å². The Hall–Kier alpha value is -2.88. The molecule has 2 aliphatic rings. The van der Waals surface area contributed by atoms with E-state index >= 15 is 0 Å². The highest BCUT2D eigenvalue weighted by atomic mass is 16.5. The van der Waals surface area contributed by atoms with Gasteiger partial charge >= 0.3 is 0 Å². The van der Waals surface area contributed by atoms with Crippen molar-refractivity contribution in [3.8, 4) is 0 Å². The van der Waals surface area contributed by atoms with Crippen LogP contribution in [0, 0.1) is 5.41 Å². The lowest BCUT2D eigenvalue weighted by Crippen LogP contribution is -2.49. The lowest BCUT2D eigenvalue weighted by atomic mass is 9.70. The molecule has 2 aliphatic heterocycles. The molecule has 1 atom stereocenters. The van der Waals surface area contributed by atoms with Crippen LogP contribution in [-0.2, 0) is 19.9 Å². The molecule has 1 amide bonds. The summed E-state index contributed by atoms with van der Waals surface area (Å²) >= 11 is 0. The molecular formula is C21H19NO3. The lowest BCUT2D eigenvalue weighted by molar-refractivity contribution is -0.146. The van der Waals surface area contributed by atoms with Crippen LogP contribution in [0.5, 0.6) is 0 Å². The van der Waals surface area contributed by atoms with Crippen molar-refractivity contribution in [2.45, 2.75) is 19.4 Å². The molecule has 0 bridgehead atoms. The SMILES string of the molecule is CN1C(=O)C2(O/C(=C\c3ccccc3)C(=O)C2(C)C)c2ccccc21. The number of nitrogens with zero attached hydrogens (tertiary/aromatic N) is 1. The number of ketones is 1. The van der Waals surface area contributed by atoms with E-state index in [1.54, 1.807) is 31.9 Å². The van der Waals surface area contributed by atoms with E-state index in [0.717, 1.165) is 16.8 Å². The van der Waals surface area contributed by atoms with Gasteiger partial charge in [-0.1, -0.05) is 48.5 Å². The van der Waals surface area contributed by atoms with Gasteiger partial charge in [0.1, 0.15) is 0 Å². The minimum atomic E-state index is -1.31. The van der Waals surface area contributed by atoms with E-state index in [1.807, 2.05) is 54.6 Å². The highest BCUT2D eigenvalue weighted by Crippen LogP contribution is 2.58. The highest BCUT2D eigenvalue weighted by Gasteiger charge is 2.69. The fraction of sp³-hybridized carbons (Fsp3) is 0.238. The number of carbonyl (C=O) groups is 2. The minimum absolute atomic E-state index is 0.158. The van der Waals surface area contributed by atoms with Crippen LogP contribution in [0.2, 0.25) is 0 Å². The summed E-state index contributed by atoms with van der Waals surface area (Å²) in [5.74, 6) is -0.132. The number of amides is 1. The van der Waals surface area contributed by atoms with Gasteiger partial charge in [-0.2, -0.15) is 0 Å². The molecule has 4 rings (SSSR count). The molecule has 0 saturated carbocycles. The molecule has 1 fully saturated rings. The van der Waals surface area contributed by atoms with Crippen molar-refractivity contribution in [1.29, 1.82) is 0 Å². The van der Waals surface area contributed by atoms with Gasteiger partial charge in [0.25, 0.3) is 5.91 Å². The number of hydrogen-bond acceptors (Lipinski definition) is 3. The molecule has 0 aromatic heterocycles. The van der Waals surface area contributed by atoms with Crippen LogP contribution in [-0.4, -0.2) is 18.7 Å². The van der Waals surface area contributed by atoms with E-state index in [9.17, 15) is 9.59 Å². The van der Waals surface area contributed by atoms with Gasteiger partial charge in [-0.05, 0) is 31.6 Å². The number of carbonyl (C=O) groups excluding carboxylic acids is 2. The summed E-state index contributed by atoms with van der Waals surface area (Å²) in [5, 5.41) is 0. The molecule has 0 aliphatic carbocycles. The normalized spacial score (nSPS) is 25.6. The van der Waals surface area contributed by atoms with Crippen LogP contribution in [0.4, 0.5) is 5.69 Å². The maximum absolute atomic E-state index is 13.2. The molecule has 4 nitrogen and oxygen atoms in total. The van der Waals surface area contributed by atoms with E-state index in [1.165, 1.54) is 0 Å². The zero-order chi connectivity index (χ0) is 17.8. The third-order valence-electron chi connectivity index (χ3n) is 5.28. The van der Waals surface area contributed by atoms with Crippen LogP contribution < -0.4 is 4.90 Å². The molecule has 0 N–H and O–H groups in total. The van der Waals surface area contributed by atoms with E-state index < -0.39 is 11.0 Å². The average Bonchev–Trinajstić information content (AvgIpc) is 2.96. The van der Waals surface area contributed by atoms with Gasteiger partial charge in [-0.15, -0.1) is 0 Å². The highest BCUT2D eigenvalue weighted by molar-refractivity contribution is 6.16. The van der Waals surface area contributed by atoms with Crippen LogP contribution >= 0.6 is 0 Å². The fourth-order valence-electron chi connectivity index (χ4n) is 3.83. The molecule has 2 aromatic rings. The first-order valence-electron chi connectivity index (χ1n) is 8.28. The maximum Gasteiger partial charge on any atom is 0.276 e. The summed E-state index contributed by atoms with van der Waals surface area (Å²) in [6, 6.07) is 17.0. The van der Waals surface area contributed by atoms with Crippen molar-refractivity contribution < 1.29 is 14.3 Å². The van der Waals surface area contributed by atoms with Crippen molar-refractivity contribution in [3.05, 3.63) is 71.5 Å². The minimum Gasteiger partial charge on any atom is -0.468 e. The van der Waals surface area contributed by atoms with Crippen LogP contribution in [0.25, 0.3) is 6.08 Å². The van der Waals surface area contributed by atoms with E-state index in [0.29, 0.717) is 0 Å². The van der Waals surface area contributed by atoms with E-state index in [4.69, 9.17) is 4.74 Å². The Balaban J connectivity index is 1.91. The smallest absolute Gasteiger partial charge is 0.276 e. The van der Waals surface area contributed by atoms with Gasteiger partial charge < -0.3 is 9.64 Å². The second kappa shape index (κ2) is 5.06. The number of hydrogen-bond donors (Lipinski definition) is 0. The predicted octanol–water partition coefficient (Wildman–Crippen LogP) is 3.52. The largest absolute Gasteiger partial charge is 0.468 e. The summed E-state index contributed by atoms with van der Waals surface area (Å²) in [4.78, 5) is 27.8. The lowest BCUT2D eigenvalue weighted by Gasteiger charge is -2.32. The van der Waals surface area contributed by atoms with Gasteiger partial charge in [0.15, 0.2) is 5.76 Å². The molecule has 1 saturated heterocycles. The molecule has 2 aromatic carbocycles. The topological polar surface area (TPSA) is 46.6 Å². The Morgan fingerprint density at radius 2 is 1.60 bits per heavy atom. The van der Waals surface area contributed by atoms with Crippen molar-refractivity contribution in [1.82, 2.24) is 0 Å². The number of rotatable bonds is 1. The summed E-state index contributed by atoms with van der Waals surface area (Å²) in [5.41, 5.74) is 0.0964. The molecule has 25 heavy (non-hydrogen) atoms. The van der Waals surface area contributed by atoms with E-state index in [2.05, 4.69) is 0 Å². The number of ether oxygens (including phenoxy) is 1. The molecule has 126 valence electrons. The van der Waals surface area contributed by atoms with Crippen molar-refractivity contribution >= 4 is 23.5 Å². The van der Waals surface area contributed by atoms with Gasteiger partial charge in [0.2, 0.25) is 11.4 Å². The number of fused-ring (bicyclic) bond motifs is 2. The summed E-state index contributed by atoms with van der Waals surface area (Å²) in [6.45, 7) is 3.57. The number of Topliss-reactive ketones (excluding diaryl/α,β-unsaturated/α-hetero) is 1. The molecule has 4 heteroatoms. The Morgan fingerprint density at radius 1 is 0.960 bits per heavy atom. The Labute approximate surface area is 146 Å². The van der Waals surface area contributed by atoms with Crippen molar-refractivity contribution in [2.75, 3.05) is 11.9 Å². The third-order valence-corrected chi connectivity index (χ3v) is 5.28. The zero-order valence-electron chi connectivity index (χ0n) is 14.4. The number of anilines is 1. The predicted molar refractivity (Wildman–Crippen MR) is 95.8 cm³/mol. The number of benzene rings is 2. The second-order valence-corrected chi connectivity index (χ2v) is 7.04. The quantitative estimate of drug-likeness (QED) is 0.750. The maximum atomic E-state index is 13.2. The first-order chi connectivity index (χ1) is 11.9. The van der Waals surface area contributed by atoms with Crippen LogP contribution in [0.3, 0.4) is 0 Å². The first-order valence-corrected chi connectivity index (χ1v) is 8.28. The molecule has 0 radical (unpaired) electrons. The van der Waals surface area contributed by atoms with Gasteiger partial charge in [0, 0.05) is 12.6 Å². The first kappa shape index (κ1) is 15.6.